The van der Waals surface area contributed by atoms with E-state index in [-0.39, 0.29) is 0 Å². The number of benzene rings is 5. The molecule has 8 heteroatoms. The topological polar surface area (TPSA) is 127 Å². The van der Waals surface area contributed by atoms with Crippen LogP contribution in [0, 0.1) is 34.6 Å². The number of fused-ring (bicyclic) bond motifs is 2. The van der Waals surface area contributed by atoms with E-state index in [0.29, 0.717) is 50.6 Å². The first kappa shape index (κ1) is 29.7. The van der Waals surface area contributed by atoms with Crippen LogP contribution in [0.1, 0.15) is 69.2 Å². The molecule has 47 heavy (non-hydrogen) atoms. The molecule has 5 aromatic carbocycles. The number of hydrogen-bond acceptors (Lipinski definition) is 6. The van der Waals surface area contributed by atoms with Crippen LogP contribution >= 0.6 is 0 Å². The number of hydrogen-bond donors (Lipinski definition) is 2. The van der Waals surface area contributed by atoms with Gasteiger partial charge in [-0.05, 0) is 151 Å². The Morgan fingerprint density at radius 1 is 0.426 bits per heavy atom. The number of anilines is 4. The van der Waals surface area contributed by atoms with Gasteiger partial charge < -0.3 is 11.5 Å². The number of nitrogens with zero attached hydrogens (tertiary/aromatic N) is 2. The number of amides is 4. The molecule has 0 saturated heterocycles. The lowest BCUT2D eigenvalue weighted by Gasteiger charge is -2.20. The second-order valence-corrected chi connectivity index (χ2v) is 12.4. The van der Waals surface area contributed by atoms with Gasteiger partial charge in [-0.15, -0.1) is 0 Å². The molecular formula is C39H32N4O4. The molecule has 0 radical (unpaired) electrons. The zero-order valence-corrected chi connectivity index (χ0v) is 26.7. The van der Waals surface area contributed by atoms with Crippen molar-refractivity contribution in [3.05, 3.63) is 129 Å². The van der Waals surface area contributed by atoms with E-state index < -0.39 is 23.6 Å². The summed E-state index contributed by atoms with van der Waals surface area (Å²) in [5, 5.41) is 0. The second kappa shape index (κ2) is 10.5. The van der Waals surface area contributed by atoms with Crippen LogP contribution in [0.2, 0.25) is 0 Å². The Hall–Kier alpha value is -6.02. The van der Waals surface area contributed by atoms with E-state index in [9.17, 15) is 19.2 Å². The lowest BCUT2D eigenvalue weighted by molar-refractivity contribution is 0.0909. The number of imide groups is 2. The summed E-state index contributed by atoms with van der Waals surface area (Å²) in [6.45, 7) is 9.60. The normalized spacial score (nSPS) is 13.9. The molecule has 7 rings (SSSR count). The fraction of sp³-hybridized carbons (Fsp3) is 0.128. The molecule has 8 nitrogen and oxygen atoms in total. The van der Waals surface area contributed by atoms with Crippen LogP contribution in [0.3, 0.4) is 0 Å². The molecule has 0 bridgehead atoms. The van der Waals surface area contributed by atoms with Gasteiger partial charge in [0.1, 0.15) is 0 Å². The molecule has 0 aliphatic carbocycles. The third kappa shape index (κ3) is 4.52. The van der Waals surface area contributed by atoms with Crippen molar-refractivity contribution in [2.75, 3.05) is 21.3 Å². The van der Waals surface area contributed by atoms with Gasteiger partial charge in [0.25, 0.3) is 23.6 Å². The Kier molecular flexibility index (Phi) is 6.64. The molecule has 0 atom stereocenters. The van der Waals surface area contributed by atoms with Gasteiger partial charge >= 0.3 is 0 Å². The first-order chi connectivity index (χ1) is 22.3. The highest BCUT2D eigenvalue weighted by Crippen LogP contribution is 2.39. The van der Waals surface area contributed by atoms with Crippen LogP contribution in [0.15, 0.2) is 78.9 Å². The Morgan fingerprint density at radius 2 is 0.830 bits per heavy atom. The van der Waals surface area contributed by atoms with E-state index in [1.54, 1.807) is 49.4 Å². The van der Waals surface area contributed by atoms with Gasteiger partial charge in [-0.1, -0.05) is 12.1 Å². The number of rotatable bonds is 4. The van der Waals surface area contributed by atoms with Crippen molar-refractivity contribution in [2.45, 2.75) is 34.6 Å². The maximum atomic E-state index is 13.7. The molecule has 0 aromatic heterocycles. The standard InChI is InChI=1S/C39H32N4O4/c1-19-16-28(42-36(44)29-9-6-24(17-31(29)38(42)46)34-20(2)12-26(40)13-21(34)3)8-11-33(19)43-37(45)30-10-7-25(18-32(30)39(43)47)35-22(4)14-27(41)15-23(35)5/h6-18H,40-41H2,1-5H3. The number of carbonyl (C=O) groups excluding carboxylic acids is 4. The SMILES string of the molecule is Cc1cc(N2C(=O)c3ccc(-c4c(C)cc(N)cc4C)cc3C2=O)ccc1N1C(=O)c2ccc(-c3c(C)cc(N)cc3C)cc2C1=O. The molecule has 5 aromatic rings. The summed E-state index contributed by atoms with van der Waals surface area (Å²) in [6, 6.07) is 23.0. The van der Waals surface area contributed by atoms with Gasteiger partial charge in [0, 0.05) is 11.4 Å². The maximum Gasteiger partial charge on any atom is 0.266 e. The predicted octanol–water partition coefficient (Wildman–Crippen LogP) is 7.33. The van der Waals surface area contributed by atoms with Crippen LogP contribution in [-0.2, 0) is 0 Å². The van der Waals surface area contributed by atoms with Gasteiger partial charge in [0.15, 0.2) is 0 Å². The van der Waals surface area contributed by atoms with Crippen LogP contribution in [0.25, 0.3) is 22.3 Å². The third-order valence-electron chi connectivity index (χ3n) is 9.14. The molecule has 0 unspecified atom stereocenters. The Bertz CT molecular complexity index is 2220. The number of aryl methyl sites for hydroxylation is 5. The van der Waals surface area contributed by atoms with Crippen molar-refractivity contribution >= 4 is 46.4 Å². The van der Waals surface area contributed by atoms with Crippen LogP contribution in [0.5, 0.6) is 0 Å². The highest BCUT2D eigenvalue weighted by Gasteiger charge is 2.40. The summed E-state index contributed by atoms with van der Waals surface area (Å²) in [5.74, 6) is -1.74. The van der Waals surface area contributed by atoms with Gasteiger partial charge in [0.2, 0.25) is 0 Å². The molecule has 2 heterocycles. The largest absolute Gasteiger partial charge is 0.399 e. The van der Waals surface area contributed by atoms with Crippen LogP contribution in [-0.4, -0.2) is 23.6 Å². The highest BCUT2D eigenvalue weighted by molar-refractivity contribution is 6.36. The number of carbonyl (C=O) groups is 4. The van der Waals surface area contributed by atoms with E-state index in [1.165, 1.54) is 0 Å². The maximum absolute atomic E-state index is 13.7. The zero-order valence-electron chi connectivity index (χ0n) is 26.7. The van der Waals surface area contributed by atoms with Gasteiger partial charge in [-0.25, -0.2) is 9.80 Å². The minimum Gasteiger partial charge on any atom is -0.399 e. The summed E-state index contributed by atoms with van der Waals surface area (Å²) in [4.78, 5) is 56.8. The summed E-state index contributed by atoms with van der Waals surface area (Å²) in [6.07, 6.45) is 0. The quantitative estimate of drug-likeness (QED) is 0.160. The van der Waals surface area contributed by atoms with E-state index in [0.717, 1.165) is 54.3 Å². The van der Waals surface area contributed by atoms with Crippen molar-refractivity contribution in [1.82, 2.24) is 0 Å². The molecule has 0 spiro atoms. The number of nitrogens with two attached hydrogens (primary N) is 2. The van der Waals surface area contributed by atoms with E-state index >= 15 is 0 Å². The monoisotopic (exact) mass is 620 g/mol. The Morgan fingerprint density at radius 3 is 1.28 bits per heavy atom. The molecule has 232 valence electrons. The Balaban J connectivity index is 1.20. The first-order valence-corrected chi connectivity index (χ1v) is 15.3. The van der Waals surface area contributed by atoms with Crippen LogP contribution in [0.4, 0.5) is 22.7 Å². The molecule has 4 N–H and O–H groups in total. The number of nitrogen functional groups attached to an aromatic ring is 2. The fourth-order valence-corrected chi connectivity index (χ4v) is 7.18. The first-order valence-electron chi connectivity index (χ1n) is 15.3. The minimum atomic E-state index is -0.439. The van der Waals surface area contributed by atoms with Gasteiger partial charge in [-0.2, -0.15) is 0 Å². The lowest BCUT2D eigenvalue weighted by Crippen LogP contribution is -2.31. The third-order valence-corrected chi connectivity index (χ3v) is 9.14. The van der Waals surface area contributed by atoms with E-state index in [1.807, 2.05) is 64.1 Å². The lowest BCUT2D eigenvalue weighted by atomic mass is 9.93. The fourth-order valence-electron chi connectivity index (χ4n) is 7.18. The molecule has 2 aliphatic rings. The Labute approximate surface area is 272 Å². The zero-order chi connectivity index (χ0) is 33.5. The molecular weight excluding hydrogens is 588 g/mol. The van der Waals surface area contributed by atoms with Gasteiger partial charge in [0.05, 0.1) is 33.6 Å². The smallest absolute Gasteiger partial charge is 0.266 e. The molecule has 2 aliphatic heterocycles. The van der Waals surface area contributed by atoms with Crippen molar-refractivity contribution in [3.8, 4) is 22.3 Å². The predicted molar refractivity (Wildman–Crippen MR) is 185 cm³/mol. The summed E-state index contributed by atoms with van der Waals surface area (Å²) in [7, 11) is 0. The van der Waals surface area contributed by atoms with Crippen LogP contribution < -0.4 is 21.3 Å². The minimum absolute atomic E-state index is 0.313. The summed E-state index contributed by atoms with van der Waals surface area (Å²) >= 11 is 0. The van der Waals surface area contributed by atoms with Gasteiger partial charge in [-0.3, -0.25) is 19.2 Å². The van der Waals surface area contributed by atoms with E-state index in [4.69, 9.17) is 11.5 Å². The highest BCUT2D eigenvalue weighted by atomic mass is 16.2. The summed E-state index contributed by atoms with van der Waals surface area (Å²) in [5.41, 5.74) is 23.4. The van der Waals surface area contributed by atoms with Crippen molar-refractivity contribution in [3.63, 3.8) is 0 Å². The van der Waals surface area contributed by atoms with E-state index in [2.05, 4.69) is 0 Å². The average Bonchev–Trinajstić information content (AvgIpc) is 3.39. The molecule has 0 fully saturated rings. The second-order valence-electron chi connectivity index (χ2n) is 12.4. The van der Waals surface area contributed by atoms with Crippen molar-refractivity contribution in [2.24, 2.45) is 0 Å². The van der Waals surface area contributed by atoms with Crippen molar-refractivity contribution in [1.29, 1.82) is 0 Å². The molecule has 0 saturated carbocycles. The average molecular weight is 621 g/mol. The van der Waals surface area contributed by atoms with Crippen molar-refractivity contribution < 1.29 is 19.2 Å². The summed E-state index contributed by atoms with van der Waals surface area (Å²) < 4.78 is 0. The molecule has 4 amide bonds.